The fourth-order valence-corrected chi connectivity index (χ4v) is 0.747. The van der Waals surface area contributed by atoms with Crippen LogP contribution in [0.2, 0.25) is 0 Å². The standard InChI is InChI=1S/C8H16N2O2/c1-6(2)10-5-3-4-7(9)8(11)12/h7,10H,1,3-5,9H2,2H3,(H,11,12)/t7-/m0/s1. The Kier molecular flexibility index (Phi) is 5.12. The molecule has 0 radical (unpaired) electrons. The van der Waals surface area contributed by atoms with Crippen molar-refractivity contribution in [1.29, 1.82) is 0 Å². The zero-order valence-corrected chi connectivity index (χ0v) is 7.34. The van der Waals surface area contributed by atoms with Crippen LogP contribution in [0.1, 0.15) is 19.8 Å². The number of carbonyl (C=O) groups is 1. The molecule has 0 aliphatic carbocycles. The van der Waals surface area contributed by atoms with Gasteiger partial charge >= 0.3 is 5.97 Å². The van der Waals surface area contributed by atoms with E-state index in [4.69, 9.17) is 10.8 Å². The van der Waals surface area contributed by atoms with E-state index in [0.29, 0.717) is 6.42 Å². The highest BCUT2D eigenvalue weighted by molar-refractivity contribution is 5.72. The van der Waals surface area contributed by atoms with Crippen LogP contribution in [-0.4, -0.2) is 23.7 Å². The molecule has 0 heterocycles. The molecule has 12 heavy (non-hydrogen) atoms. The first-order chi connectivity index (χ1) is 5.54. The molecule has 70 valence electrons. The summed E-state index contributed by atoms with van der Waals surface area (Å²) in [5, 5.41) is 11.4. The first kappa shape index (κ1) is 11.0. The van der Waals surface area contributed by atoms with E-state index in [9.17, 15) is 4.79 Å². The van der Waals surface area contributed by atoms with Gasteiger partial charge in [0.15, 0.2) is 0 Å². The Morgan fingerprint density at radius 3 is 2.75 bits per heavy atom. The molecular formula is C8H16N2O2. The zero-order chi connectivity index (χ0) is 9.56. The van der Waals surface area contributed by atoms with Crippen molar-refractivity contribution in [2.24, 2.45) is 5.73 Å². The molecule has 0 amide bonds. The molecule has 4 heteroatoms. The van der Waals surface area contributed by atoms with E-state index in [1.54, 1.807) is 0 Å². The molecule has 4 N–H and O–H groups in total. The highest BCUT2D eigenvalue weighted by atomic mass is 16.4. The highest BCUT2D eigenvalue weighted by Gasteiger charge is 2.09. The Hall–Kier alpha value is -1.03. The normalized spacial score (nSPS) is 12.2. The van der Waals surface area contributed by atoms with Crippen LogP contribution in [0, 0.1) is 0 Å². The van der Waals surface area contributed by atoms with Crippen molar-refractivity contribution in [3.05, 3.63) is 12.3 Å². The van der Waals surface area contributed by atoms with Gasteiger partial charge in [-0.2, -0.15) is 0 Å². The number of nitrogens with one attached hydrogen (secondary N) is 1. The molecule has 4 nitrogen and oxygen atoms in total. The van der Waals surface area contributed by atoms with Crippen molar-refractivity contribution >= 4 is 5.97 Å². The largest absolute Gasteiger partial charge is 0.480 e. The van der Waals surface area contributed by atoms with Gasteiger partial charge in [-0.1, -0.05) is 6.58 Å². The molecule has 0 aliphatic heterocycles. The number of hydrogen-bond donors (Lipinski definition) is 3. The maximum absolute atomic E-state index is 10.3. The summed E-state index contributed by atoms with van der Waals surface area (Å²) < 4.78 is 0. The fourth-order valence-electron chi connectivity index (χ4n) is 0.747. The number of carboxylic acids is 1. The average Bonchev–Trinajstić information content (AvgIpc) is 1.97. The monoisotopic (exact) mass is 172 g/mol. The summed E-state index contributed by atoms with van der Waals surface area (Å²) in [7, 11) is 0. The van der Waals surface area contributed by atoms with Gasteiger partial charge in [0.05, 0.1) is 0 Å². The number of aliphatic carboxylic acids is 1. The Balaban J connectivity index is 3.31. The molecule has 1 atom stereocenters. The molecule has 0 saturated heterocycles. The average molecular weight is 172 g/mol. The molecule has 0 aromatic carbocycles. The van der Waals surface area contributed by atoms with Gasteiger partial charge in [-0.3, -0.25) is 4.79 Å². The quantitative estimate of drug-likeness (QED) is 0.504. The van der Waals surface area contributed by atoms with E-state index in [1.165, 1.54) is 0 Å². The van der Waals surface area contributed by atoms with Crippen LogP contribution in [0.5, 0.6) is 0 Å². The predicted molar refractivity (Wildman–Crippen MR) is 47.7 cm³/mol. The summed E-state index contributed by atoms with van der Waals surface area (Å²) >= 11 is 0. The predicted octanol–water partition coefficient (Wildman–Crippen LogP) is 0.302. The van der Waals surface area contributed by atoms with Crippen LogP contribution in [0.15, 0.2) is 12.3 Å². The topological polar surface area (TPSA) is 75.3 Å². The lowest BCUT2D eigenvalue weighted by atomic mass is 10.2. The summed E-state index contributed by atoms with van der Waals surface area (Å²) in [5.74, 6) is -0.940. The second-order valence-corrected chi connectivity index (χ2v) is 2.79. The van der Waals surface area contributed by atoms with Crippen molar-refractivity contribution in [1.82, 2.24) is 5.32 Å². The van der Waals surface area contributed by atoms with Gasteiger partial charge < -0.3 is 16.2 Å². The first-order valence-corrected chi connectivity index (χ1v) is 3.92. The van der Waals surface area contributed by atoms with E-state index >= 15 is 0 Å². The van der Waals surface area contributed by atoms with Crippen molar-refractivity contribution in [2.75, 3.05) is 6.54 Å². The summed E-state index contributed by atoms with van der Waals surface area (Å²) in [4.78, 5) is 10.3. The first-order valence-electron chi connectivity index (χ1n) is 3.92. The molecular weight excluding hydrogens is 156 g/mol. The van der Waals surface area contributed by atoms with Gasteiger partial charge in [-0.25, -0.2) is 0 Å². The maximum atomic E-state index is 10.3. The van der Waals surface area contributed by atoms with Crippen LogP contribution in [0.3, 0.4) is 0 Å². The Morgan fingerprint density at radius 2 is 2.33 bits per heavy atom. The molecule has 0 saturated carbocycles. The van der Waals surface area contributed by atoms with Gasteiger partial charge in [-0.15, -0.1) is 0 Å². The Labute approximate surface area is 72.4 Å². The van der Waals surface area contributed by atoms with Gasteiger partial charge in [0.1, 0.15) is 6.04 Å². The fraction of sp³-hybridized carbons (Fsp3) is 0.625. The number of allylic oxidation sites excluding steroid dienone is 1. The summed E-state index contributed by atoms with van der Waals surface area (Å²) in [6.45, 7) is 6.24. The third-order valence-corrected chi connectivity index (χ3v) is 1.44. The Morgan fingerprint density at radius 1 is 1.75 bits per heavy atom. The minimum absolute atomic E-state index is 0.496. The van der Waals surface area contributed by atoms with Crippen molar-refractivity contribution in [3.63, 3.8) is 0 Å². The lowest BCUT2D eigenvalue weighted by Crippen LogP contribution is -2.30. The SMILES string of the molecule is C=C(C)NCCC[C@H](N)C(=O)O. The van der Waals surface area contributed by atoms with Crippen molar-refractivity contribution in [3.8, 4) is 0 Å². The highest BCUT2D eigenvalue weighted by Crippen LogP contribution is 1.93. The minimum atomic E-state index is -0.940. The molecule has 0 rings (SSSR count). The van der Waals surface area contributed by atoms with E-state index in [-0.39, 0.29) is 0 Å². The molecule has 0 aliphatic rings. The van der Waals surface area contributed by atoms with Crippen molar-refractivity contribution < 1.29 is 9.90 Å². The molecule has 0 aromatic heterocycles. The van der Waals surface area contributed by atoms with Gasteiger partial charge in [0, 0.05) is 12.2 Å². The molecule has 0 fully saturated rings. The van der Waals surface area contributed by atoms with Gasteiger partial charge in [-0.05, 0) is 19.8 Å². The molecule has 0 spiro atoms. The molecule has 0 bridgehead atoms. The summed E-state index contributed by atoms with van der Waals surface area (Å²) in [5.41, 5.74) is 6.17. The second-order valence-electron chi connectivity index (χ2n) is 2.79. The molecule has 0 unspecified atom stereocenters. The third-order valence-electron chi connectivity index (χ3n) is 1.44. The van der Waals surface area contributed by atoms with Gasteiger partial charge in [0.2, 0.25) is 0 Å². The smallest absolute Gasteiger partial charge is 0.320 e. The van der Waals surface area contributed by atoms with E-state index in [1.807, 2.05) is 6.92 Å². The van der Waals surface area contributed by atoms with E-state index in [0.717, 1.165) is 18.7 Å². The van der Waals surface area contributed by atoms with Crippen LogP contribution >= 0.6 is 0 Å². The Bertz CT molecular complexity index is 168. The number of nitrogens with two attached hydrogens (primary N) is 1. The number of carboxylic acid groups (broad SMARTS) is 1. The van der Waals surface area contributed by atoms with E-state index in [2.05, 4.69) is 11.9 Å². The maximum Gasteiger partial charge on any atom is 0.320 e. The van der Waals surface area contributed by atoms with Crippen LogP contribution in [0.25, 0.3) is 0 Å². The van der Waals surface area contributed by atoms with Gasteiger partial charge in [0.25, 0.3) is 0 Å². The lowest BCUT2D eigenvalue weighted by Gasteiger charge is -2.07. The van der Waals surface area contributed by atoms with Crippen LogP contribution in [0.4, 0.5) is 0 Å². The number of rotatable bonds is 6. The summed E-state index contributed by atoms with van der Waals surface area (Å²) in [6.07, 6.45) is 1.25. The second kappa shape index (κ2) is 5.60. The van der Waals surface area contributed by atoms with Crippen LogP contribution in [-0.2, 0) is 4.79 Å². The number of hydrogen-bond acceptors (Lipinski definition) is 3. The third kappa shape index (κ3) is 5.73. The van der Waals surface area contributed by atoms with Crippen LogP contribution < -0.4 is 11.1 Å². The lowest BCUT2D eigenvalue weighted by molar-refractivity contribution is -0.138. The minimum Gasteiger partial charge on any atom is -0.480 e. The zero-order valence-electron chi connectivity index (χ0n) is 7.34. The molecule has 0 aromatic rings. The van der Waals surface area contributed by atoms with E-state index < -0.39 is 12.0 Å². The van der Waals surface area contributed by atoms with Crippen molar-refractivity contribution in [2.45, 2.75) is 25.8 Å². The summed E-state index contributed by atoms with van der Waals surface area (Å²) in [6, 6.07) is -0.739.